The van der Waals surface area contributed by atoms with Crippen molar-refractivity contribution in [2.75, 3.05) is 26.2 Å². The lowest BCUT2D eigenvalue weighted by Crippen LogP contribution is -2.50. The molecule has 0 aliphatic carbocycles. The summed E-state index contributed by atoms with van der Waals surface area (Å²) in [5.41, 5.74) is 0.859. The minimum atomic E-state index is -3.77. The molecular formula is C20H24N4O3S2. The number of piperazine rings is 1. The number of aryl methyl sites for hydroxylation is 1. The fourth-order valence-electron chi connectivity index (χ4n) is 3.29. The van der Waals surface area contributed by atoms with Crippen molar-refractivity contribution in [3.05, 3.63) is 45.4 Å². The molecule has 1 aliphatic rings. The number of amides is 1. The van der Waals surface area contributed by atoms with Crippen molar-refractivity contribution in [2.45, 2.75) is 32.1 Å². The zero-order valence-corrected chi connectivity index (χ0v) is 18.4. The molecule has 1 fully saturated rings. The molecule has 9 heteroatoms. The molecule has 154 valence electrons. The highest BCUT2D eigenvalue weighted by molar-refractivity contribution is 7.89. The van der Waals surface area contributed by atoms with Crippen LogP contribution in [0.2, 0.25) is 0 Å². The summed E-state index contributed by atoms with van der Waals surface area (Å²) < 4.78 is 27.2. The van der Waals surface area contributed by atoms with Gasteiger partial charge in [-0.15, -0.1) is 11.3 Å². The Balaban J connectivity index is 1.71. The Labute approximate surface area is 175 Å². The fraction of sp³-hybridized carbons (Fsp3) is 0.450. The van der Waals surface area contributed by atoms with E-state index in [0.29, 0.717) is 23.9 Å². The molecule has 1 amide bonds. The first-order chi connectivity index (χ1) is 13.7. The van der Waals surface area contributed by atoms with E-state index in [4.69, 9.17) is 0 Å². The maximum Gasteiger partial charge on any atom is 0.265 e. The Morgan fingerprint density at radius 3 is 2.52 bits per heavy atom. The smallest absolute Gasteiger partial charge is 0.265 e. The minimum absolute atomic E-state index is 0.0129. The van der Waals surface area contributed by atoms with Crippen LogP contribution < -0.4 is 0 Å². The predicted molar refractivity (Wildman–Crippen MR) is 111 cm³/mol. The summed E-state index contributed by atoms with van der Waals surface area (Å²) in [6, 6.07) is 8.12. The van der Waals surface area contributed by atoms with Crippen LogP contribution in [0.4, 0.5) is 0 Å². The largest absolute Gasteiger partial charge is 0.335 e. The van der Waals surface area contributed by atoms with Gasteiger partial charge in [-0.2, -0.15) is 9.57 Å². The molecule has 0 atom stereocenters. The zero-order valence-electron chi connectivity index (χ0n) is 16.8. The average Bonchev–Trinajstić information content (AvgIpc) is 3.06. The second-order valence-corrected chi connectivity index (χ2v) is 10.4. The van der Waals surface area contributed by atoms with E-state index in [9.17, 15) is 18.5 Å². The number of thiazole rings is 1. The maximum atomic E-state index is 12.9. The van der Waals surface area contributed by atoms with Gasteiger partial charge in [0.05, 0.1) is 21.2 Å². The van der Waals surface area contributed by atoms with Gasteiger partial charge in [-0.05, 0) is 25.0 Å². The van der Waals surface area contributed by atoms with Crippen LogP contribution in [-0.4, -0.2) is 54.7 Å². The van der Waals surface area contributed by atoms with Crippen LogP contribution in [-0.2, 0) is 16.4 Å². The molecule has 0 unspecified atom stereocenters. The number of carbonyl (C=O) groups excluding carboxylic acids is 1. The highest BCUT2D eigenvalue weighted by atomic mass is 32.2. The summed E-state index contributed by atoms with van der Waals surface area (Å²) in [7, 11) is -3.77. The Bertz CT molecular complexity index is 1050. The van der Waals surface area contributed by atoms with Gasteiger partial charge in [0.25, 0.3) is 5.91 Å². The molecule has 3 rings (SSSR count). The Kier molecular flexibility index (Phi) is 6.36. The van der Waals surface area contributed by atoms with Crippen LogP contribution >= 0.6 is 11.3 Å². The van der Waals surface area contributed by atoms with Crippen molar-refractivity contribution in [1.29, 1.82) is 5.26 Å². The van der Waals surface area contributed by atoms with Gasteiger partial charge in [-0.1, -0.05) is 26.0 Å². The van der Waals surface area contributed by atoms with E-state index in [1.807, 2.05) is 13.0 Å². The SMILES string of the molecule is Cc1nc(CC(C)C)sc1C(=O)N1CCN(S(=O)(=O)c2ccccc2C#N)CC1. The van der Waals surface area contributed by atoms with Gasteiger partial charge in [0, 0.05) is 32.6 Å². The molecule has 0 radical (unpaired) electrons. The second kappa shape index (κ2) is 8.61. The summed E-state index contributed by atoms with van der Waals surface area (Å²) >= 11 is 1.43. The zero-order chi connectivity index (χ0) is 21.2. The fourth-order valence-corrected chi connectivity index (χ4v) is 6.09. The summed E-state index contributed by atoms with van der Waals surface area (Å²) in [6.07, 6.45) is 0.836. The number of nitriles is 1. The van der Waals surface area contributed by atoms with E-state index in [-0.39, 0.29) is 29.5 Å². The number of benzene rings is 1. The first-order valence-corrected chi connectivity index (χ1v) is 11.7. The maximum absolute atomic E-state index is 12.9. The summed E-state index contributed by atoms with van der Waals surface area (Å²) in [6.45, 7) is 7.08. The van der Waals surface area contributed by atoms with Gasteiger partial charge in [-0.3, -0.25) is 4.79 Å². The third kappa shape index (κ3) is 4.50. The molecule has 0 saturated carbocycles. The lowest BCUT2D eigenvalue weighted by atomic mass is 10.1. The van der Waals surface area contributed by atoms with Gasteiger partial charge < -0.3 is 4.90 Å². The third-order valence-corrected chi connectivity index (χ3v) is 7.89. The molecular weight excluding hydrogens is 408 g/mol. The number of hydrogen-bond acceptors (Lipinski definition) is 6. The van der Waals surface area contributed by atoms with Crippen molar-refractivity contribution in [1.82, 2.24) is 14.2 Å². The standard InChI is InChI=1S/C20H24N4O3S2/c1-14(2)12-18-22-15(3)19(28-18)20(25)23-8-10-24(11-9-23)29(26,27)17-7-5-4-6-16(17)13-21/h4-7,14H,8-12H2,1-3H3. The van der Waals surface area contributed by atoms with Crippen molar-refractivity contribution < 1.29 is 13.2 Å². The van der Waals surface area contributed by atoms with Crippen molar-refractivity contribution in [2.24, 2.45) is 5.92 Å². The van der Waals surface area contributed by atoms with Crippen LogP contribution in [0.15, 0.2) is 29.2 Å². The number of hydrogen-bond donors (Lipinski definition) is 0. The number of aromatic nitrogens is 1. The molecule has 1 aromatic carbocycles. The number of carbonyl (C=O) groups is 1. The lowest BCUT2D eigenvalue weighted by Gasteiger charge is -2.34. The van der Waals surface area contributed by atoms with Gasteiger partial charge >= 0.3 is 0 Å². The van der Waals surface area contributed by atoms with Gasteiger partial charge in [-0.25, -0.2) is 13.4 Å². The first-order valence-electron chi connectivity index (χ1n) is 9.49. The first kappa shape index (κ1) is 21.4. The van der Waals surface area contributed by atoms with E-state index >= 15 is 0 Å². The molecule has 2 aromatic rings. The lowest BCUT2D eigenvalue weighted by molar-refractivity contribution is 0.0702. The van der Waals surface area contributed by atoms with E-state index in [2.05, 4.69) is 18.8 Å². The highest BCUT2D eigenvalue weighted by Gasteiger charge is 2.32. The van der Waals surface area contributed by atoms with Crippen molar-refractivity contribution in [3.8, 4) is 6.07 Å². The molecule has 0 bridgehead atoms. The van der Waals surface area contributed by atoms with Gasteiger partial charge in [0.1, 0.15) is 10.9 Å². The molecule has 2 heterocycles. The Morgan fingerprint density at radius 2 is 1.90 bits per heavy atom. The van der Waals surface area contributed by atoms with Crippen LogP contribution in [0.5, 0.6) is 0 Å². The quantitative estimate of drug-likeness (QED) is 0.724. The highest BCUT2D eigenvalue weighted by Crippen LogP contribution is 2.25. The van der Waals surface area contributed by atoms with Crippen LogP contribution in [0.3, 0.4) is 0 Å². The van der Waals surface area contributed by atoms with Gasteiger partial charge in [0.15, 0.2) is 0 Å². The third-order valence-electron chi connectivity index (χ3n) is 4.77. The van der Waals surface area contributed by atoms with E-state index in [0.717, 1.165) is 17.1 Å². The van der Waals surface area contributed by atoms with Crippen LogP contribution in [0.25, 0.3) is 0 Å². The van der Waals surface area contributed by atoms with E-state index < -0.39 is 10.0 Å². The second-order valence-electron chi connectivity index (χ2n) is 7.42. The summed E-state index contributed by atoms with van der Waals surface area (Å²) in [5, 5.41) is 10.2. The molecule has 1 aliphatic heterocycles. The van der Waals surface area contributed by atoms with Gasteiger partial charge in [0.2, 0.25) is 10.0 Å². The summed E-state index contributed by atoms with van der Waals surface area (Å²) in [4.78, 5) is 19.8. The van der Waals surface area contributed by atoms with E-state index in [1.54, 1.807) is 17.0 Å². The van der Waals surface area contributed by atoms with Crippen molar-refractivity contribution in [3.63, 3.8) is 0 Å². The summed E-state index contributed by atoms with van der Waals surface area (Å²) in [5.74, 6) is 0.373. The molecule has 0 N–H and O–H groups in total. The minimum Gasteiger partial charge on any atom is -0.335 e. The number of nitrogens with zero attached hydrogens (tertiary/aromatic N) is 4. The molecule has 0 spiro atoms. The van der Waals surface area contributed by atoms with Crippen molar-refractivity contribution >= 4 is 27.3 Å². The predicted octanol–water partition coefficient (Wildman–Crippen LogP) is 2.67. The normalized spacial score (nSPS) is 15.5. The molecule has 7 nitrogen and oxygen atoms in total. The molecule has 1 aromatic heterocycles. The Hall–Kier alpha value is -2.28. The number of rotatable bonds is 5. The molecule has 1 saturated heterocycles. The number of sulfonamides is 1. The average molecular weight is 433 g/mol. The molecule has 29 heavy (non-hydrogen) atoms. The monoisotopic (exact) mass is 432 g/mol. The van der Waals surface area contributed by atoms with E-state index in [1.165, 1.54) is 27.8 Å². The Morgan fingerprint density at radius 1 is 1.24 bits per heavy atom. The van der Waals surface area contributed by atoms with Crippen LogP contribution in [0, 0.1) is 24.2 Å². The topological polar surface area (TPSA) is 94.4 Å². The van der Waals surface area contributed by atoms with Crippen LogP contribution in [0.1, 0.15) is 39.8 Å².